The molecule has 0 spiro atoms. The van der Waals surface area contributed by atoms with E-state index < -0.39 is 0 Å². The summed E-state index contributed by atoms with van der Waals surface area (Å²) in [5.74, 6) is 1.29. The normalized spacial score (nSPS) is 12.8. The second kappa shape index (κ2) is 4.61. The highest BCUT2D eigenvalue weighted by atomic mass is 32.2. The van der Waals surface area contributed by atoms with E-state index in [1.165, 1.54) is 0 Å². The molecule has 0 saturated carbocycles. The van der Waals surface area contributed by atoms with E-state index in [-0.39, 0.29) is 11.8 Å². The lowest BCUT2D eigenvalue weighted by atomic mass is 10.2. The Kier molecular flexibility index (Phi) is 4.52. The zero-order chi connectivity index (χ0) is 8.15. The van der Waals surface area contributed by atoms with Gasteiger partial charge in [0.05, 0.1) is 0 Å². The number of hydrogen-bond acceptors (Lipinski definition) is 2. The average molecular weight is 161 g/mol. The number of nitrogens with zero attached hydrogens (tertiary/aromatic N) is 1. The molecule has 0 unspecified atom stereocenters. The highest BCUT2D eigenvalue weighted by Crippen LogP contribution is 2.06. The first-order valence-electron chi connectivity index (χ1n) is 3.29. The van der Waals surface area contributed by atoms with Crippen LogP contribution in [0.25, 0.3) is 0 Å². The quantitative estimate of drug-likeness (QED) is 0.617. The molecule has 0 aromatic rings. The molecule has 0 aliphatic heterocycles. The largest absolute Gasteiger partial charge is 0.349 e. The summed E-state index contributed by atoms with van der Waals surface area (Å²) in [4.78, 5) is 12.8. The summed E-state index contributed by atoms with van der Waals surface area (Å²) in [5, 5.41) is 0. The van der Waals surface area contributed by atoms with Crippen molar-refractivity contribution in [2.75, 3.05) is 26.1 Å². The van der Waals surface area contributed by atoms with Crippen LogP contribution in [0.5, 0.6) is 0 Å². The van der Waals surface area contributed by atoms with Crippen LogP contribution in [0.4, 0.5) is 0 Å². The smallest absolute Gasteiger partial charge is 0.225 e. The van der Waals surface area contributed by atoms with Gasteiger partial charge in [0.1, 0.15) is 0 Å². The third kappa shape index (κ3) is 3.11. The van der Waals surface area contributed by atoms with Gasteiger partial charge in [0.2, 0.25) is 5.91 Å². The summed E-state index contributed by atoms with van der Waals surface area (Å²) in [6.45, 7) is 1.96. The molecule has 0 saturated heterocycles. The molecule has 0 aliphatic carbocycles. The van der Waals surface area contributed by atoms with Crippen molar-refractivity contribution in [2.45, 2.75) is 6.92 Å². The number of rotatable bonds is 3. The van der Waals surface area contributed by atoms with Crippen LogP contribution in [0.3, 0.4) is 0 Å². The Bertz CT molecular complexity index is 114. The van der Waals surface area contributed by atoms with Gasteiger partial charge in [-0.15, -0.1) is 0 Å². The maximum Gasteiger partial charge on any atom is 0.225 e. The number of amides is 1. The van der Waals surface area contributed by atoms with E-state index in [1.54, 1.807) is 30.8 Å². The molecular formula is C7H15NOS. The Balaban J connectivity index is 3.71. The lowest BCUT2D eigenvalue weighted by Gasteiger charge is -2.15. The molecular weight excluding hydrogens is 146 g/mol. The van der Waals surface area contributed by atoms with E-state index in [9.17, 15) is 4.79 Å². The third-order valence-corrected chi connectivity index (χ3v) is 2.11. The Morgan fingerprint density at radius 2 is 2.10 bits per heavy atom. The maximum absolute atomic E-state index is 11.1. The Morgan fingerprint density at radius 1 is 1.60 bits per heavy atom. The number of carbonyl (C=O) groups is 1. The van der Waals surface area contributed by atoms with Crippen LogP contribution in [0.2, 0.25) is 0 Å². The summed E-state index contributed by atoms with van der Waals surface area (Å²) < 4.78 is 0. The predicted octanol–water partition coefficient (Wildman–Crippen LogP) is 1.07. The number of hydrogen-bond donors (Lipinski definition) is 0. The van der Waals surface area contributed by atoms with Crippen LogP contribution in [-0.2, 0) is 4.79 Å². The standard InChI is InChI=1S/C7H15NOS/c1-6(5-10-4)7(9)8(2)3/h6H,5H2,1-4H3/t6-/m1/s1. The third-order valence-electron chi connectivity index (χ3n) is 1.28. The first-order chi connectivity index (χ1) is 4.59. The van der Waals surface area contributed by atoms with Gasteiger partial charge in [0, 0.05) is 25.8 Å². The summed E-state index contributed by atoms with van der Waals surface area (Å²) in [7, 11) is 3.58. The fraction of sp³-hybridized carbons (Fsp3) is 0.857. The molecule has 2 nitrogen and oxygen atoms in total. The van der Waals surface area contributed by atoms with Gasteiger partial charge in [-0.1, -0.05) is 6.92 Å². The molecule has 3 heteroatoms. The molecule has 10 heavy (non-hydrogen) atoms. The van der Waals surface area contributed by atoms with Gasteiger partial charge in [-0.3, -0.25) is 4.79 Å². The van der Waals surface area contributed by atoms with Crippen LogP contribution in [-0.4, -0.2) is 36.9 Å². The number of carbonyl (C=O) groups excluding carboxylic acids is 1. The van der Waals surface area contributed by atoms with Crippen molar-refractivity contribution in [3.05, 3.63) is 0 Å². The first-order valence-corrected chi connectivity index (χ1v) is 4.69. The summed E-state index contributed by atoms with van der Waals surface area (Å²) >= 11 is 1.71. The van der Waals surface area contributed by atoms with Crippen LogP contribution >= 0.6 is 11.8 Å². The molecule has 0 rings (SSSR count). The number of thioether (sulfide) groups is 1. The van der Waals surface area contributed by atoms with Crippen molar-refractivity contribution in [2.24, 2.45) is 5.92 Å². The molecule has 0 radical (unpaired) electrons. The van der Waals surface area contributed by atoms with Crippen LogP contribution in [0.15, 0.2) is 0 Å². The highest BCUT2D eigenvalue weighted by molar-refractivity contribution is 7.98. The lowest BCUT2D eigenvalue weighted by molar-refractivity contribution is -0.131. The summed E-state index contributed by atoms with van der Waals surface area (Å²) in [5.41, 5.74) is 0. The zero-order valence-electron chi connectivity index (χ0n) is 7.05. The monoisotopic (exact) mass is 161 g/mol. The van der Waals surface area contributed by atoms with Gasteiger partial charge in [0.15, 0.2) is 0 Å². The first kappa shape index (κ1) is 9.82. The SMILES string of the molecule is CSC[C@@H](C)C(=O)N(C)C. The van der Waals surface area contributed by atoms with Crippen molar-refractivity contribution in [3.63, 3.8) is 0 Å². The highest BCUT2D eigenvalue weighted by Gasteiger charge is 2.12. The van der Waals surface area contributed by atoms with Gasteiger partial charge in [0.25, 0.3) is 0 Å². The fourth-order valence-corrected chi connectivity index (χ4v) is 1.40. The van der Waals surface area contributed by atoms with Crippen molar-refractivity contribution < 1.29 is 4.79 Å². The molecule has 0 aromatic heterocycles. The molecule has 0 fully saturated rings. The van der Waals surface area contributed by atoms with Crippen molar-refractivity contribution in [1.29, 1.82) is 0 Å². The minimum atomic E-state index is 0.157. The molecule has 0 N–H and O–H groups in total. The lowest BCUT2D eigenvalue weighted by Crippen LogP contribution is -2.29. The fourth-order valence-electron chi connectivity index (χ4n) is 0.762. The molecule has 0 aromatic carbocycles. The van der Waals surface area contributed by atoms with E-state index in [0.29, 0.717) is 0 Å². The molecule has 0 heterocycles. The minimum Gasteiger partial charge on any atom is -0.349 e. The predicted molar refractivity (Wildman–Crippen MR) is 46.2 cm³/mol. The van der Waals surface area contributed by atoms with E-state index >= 15 is 0 Å². The Hall–Kier alpha value is -0.180. The summed E-state index contributed by atoms with van der Waals surface area (Å²) in [6, 6.07) is 0. The topological polar surface area (TPSA) is 20.3 Å². The maximum atomic E-state index is 11.1. The average Bonchev–Trinajstić information content (AvgIpc) is 1.87. The molecule has 1 amide bonds. The van der Waals surface area contributed by atoms with Gasteiger partial charge in [-0.25, -0.2) is 0 Å². The summed E-state index contributed by atoms with van der Waals surface area (Å²) in [6.07, 6.45) is 2.01. The van der Waals surface area contributed by atoms with E-state index in [0.717, 1.165) is 5.75 Å². The van der Waals surface area contributed by atoms with Crippen molar-refractivity contribution in [1.82, 2.24) is 4.90 Å². The van der Waals surface area contributed by atoms with E-state index in [2.05, 4.69) is 0 Å². The Labute approximate surface area is 67.0 Å². The van der Waals surface area contributed by atoms with E-state index in [1.807, 2.05) is 13.2 Å². The van der Waals surface area contributed by atoms with Gasteiger partial charge >= 0.3 is 0 Å². The Morgan fingerprint density at radius 3 is 2.40 bits per heavy atom. The van der Waals surface area contributed by atoms with Crippen LogP contribution < -0.4 is 0 Å². The minimum absolute atomic E-state index is 0.157. The van der Waals surface area contributed by atoms with Gasteiger partial charge in [-0.05, 0) is 6.26 Å². The van der Waals surface area contributed by atoms with Gasteiger partial charge in [-0.2, -0.15) is 11.8 Å². The van der Waals surface area contributed by atoms with Crippen LogP contribution in [0.1, 0.15) is 6.92 Å². The van der Waals surface area contributed by atoms with Crippen molar-refractivity contribution >= 4 is 17.7 Å². The molecule has 1 atom stereocenters. The second-order valence-electron chi connectivity index (χ2n) is 2.59. The molecule has 60 valence electrons. The second-order valence-corrected chi connectivity index (χ2v) is 3.50. The molecule has 0 bridgehead atoms. The van der Waals surface area contributed by atoms with Gasteiger partial charge < -0.3 is 4.90 Å². The van der Waals surface area contributed by atoms with Crippen molar-refractivity contribution in [3.8, 4) is 0 Å². The van der Waals surface area contributed by atoms with E-state index in [4.69, 9.17) is 0 Å². The van der Waals surface area contributed by atoms with Crippen LogP contribution in [0, 0.1) is 5.92 Å². The molecule has 0 aliphatic rings. The zero-order valence-corrected chi connectivity index (χ0v) is 7.86.